The number of hydrogen-bond acceptors (Lipinski definition) is 6. The first-order valence-corrected chi connectivity index (χ1v) is 12.8. The number of aryl methyl sites for hydroxylation is 1. The fourth-order valence-corrected chi connectivity index (χ4v) is 5.56. The van der Waals surface area contributed by atoms with Gasteiger partial charge in [0.05, 0.1) is 29.5 Å². The summed E-state index contributed by atoms with van der Waals surface area (Å²) in [7, 11) is -3.68. The van der Waals surface area contributed by atoms with Gasteiger partial charge in [0.15, 0.2) is 6.10 Å². The normalized spacial score (nSPS) is 18.2. The Morgan fingerprint density at radius 2 is 1.79 bits per heavy atom. The van der Waals surface area contributed by atoms with Gasteiger partial charge >= 0.3 is 0 Å². The van der Waals surface area contributed by atoms with Gasteiger partial charge in [0.25, 0.3) is 5.91 Å². The molecule has 2 aliphatic heterocycles. The van der Waals surface area contributed by atoms with Gasteiger partial charge in [-0.25, -0.2) is 8.42 Å². The van der Waals surface area contributed by atoms with E-state index >= 15 is 0 Å². The summed E-state index contributed by atoms with van der Waals surface area (Å²) in [5.41, 5.74) is 2.35. The van der Waals surface area contributed by atoms with Crippen LogP contribution < -0.4 is 15.0 Å². The number of amides is 1. The molecule has 2 saturated heterocycles. The zero-order valence-corrected chi connectivity index (χ0v) is 19.9. The van der Waals surface area contributed by atoms with Crippen LogP contribution in [0.25, 0.3) is 0 Å². The molecule has 2 aromatic rings. The average Bonchev–Trinajstić information content (AvgIpc) is 3.34. The van der Waals surface area contributed by atoms with Crippen LogP contribution in [0, 0.1) is 6.92 Å². The molecule has 2 aliphatic rings. The Hall–Kier alpha value is -2.62. The molecule has 1 amide bonds. The highest BCUT2D eigenvalue weighted by molar-refractivity contribution is 7.89. The fourth-order valence-electron chi connectivity index (χ4n) is 4.13. The lowest BCUT2D eigenvalue weighted by atomic mass is 10.2. The monoisotopic (exact) mass is 473 g/mol. The maximum atomic E-state index is 13.2. The highest BCUT2D eigenvalue weighted by Gasteiger charge is 2.28. The van der Waals surface area contributed by atoms with Crippen LogP contribution in [0.1, 0.15) is 25.3 Å². The molecular weight excluding hydrogens is 442 g/mol. The number of ether oxygens (including phenoxy) is 2. The van der Waals surface area contributed by atoms with Crippen LogP contribution in [-0.4, -0.2) is 64.1 Å². The summed E-state index contributed by atoms with van der Waals surface area (Å²) in [5, 5.41) is 2.92. The van der Waals surface area contributed by atoms with Crippen molar-refractivity contribution in [2.45, 2.75) is 37.7 Å². The summed E-state index contributed by atoms with van der Waals surface area (Å²) < 4.78 is 38.9. The topological polar surface area (TPSA) is 88.2 Å². The first-order chi connectivity index (χ1) is 15.8. The minimum absolute atomic E-state index is 0.162. The van der Waals surface area contributed by atoms with E-state index in [-0.39, 0.29) is 10.8 Å². The Bertz CT molecular complexity index is 1090. The lowest BCUT2D eigenvalue weighted by molar-refractivity contribution is -0.122. The van der Waals surface area contributed by atoms with Gasteiger partial charge in [0.2, 0.25) is 10.0 Å². The molecule has 9 heteroatoms. The first-order valence-electron chi connectivity index (χ1n) is 11.4. The molecule has 4 rings (SSSR count). The van der Waals surface area contributed by atoms with Gasteiger partial charge in [-0.3, -0.25) is 4.79 Å². The first kappa shape index (κ1) is 23.5. The SMILES string of the molecule is Cc1cccc(OC(C)C(=O)Nc2cc(S(=O)(=O)N3CCOCC3)ccc2N2CCCC2)c1. The number of nitrogens with one attached hydrogen (secondary N) is 1. The second-order valence-electron chi connectivity index (χ2n) is 8.46. The second-order valence-corrected chi connectivity index (χ2v) is 10.4. The van der Waals surface area contributed by atoms with Crippen LogP contribution in [0.5, 0.6) is 5.75 Å². The molecule has 1 N–H and O–H groups in total. The van der Waals surface area contributed by atoms with Crippen molar-refractivity contribution in [2.75, 3.05) is 49.6 Å². The van der Waals surface area contributed by atoms with Gasteiger partial charge in [-0.2, -0.15) is 4.31 Å². The van der Waals surface area contributed by atoms with Gasteiger partial charge in [-0.05, 0) is 62.6 Å². The molecule has 0 bridgehead atoms. The third-order valence-corrected chi connectivity index (χ3v) is 7.85. The van der Waals surface area contributed by atoms with E-state index in [1.54, 1.807) is 25.1 Å². The Labute approximate surface area is 195 Å². The van der Waals surface area contributed by atoms with E-state index in [1.165, 1.54) is 4.31 Å². The molecule has 178 valence electrons. The molecule has 1 atom stereocenters. The van der Waals surface area contributed by atoms with E-state index in [4.69, 9.17) is 9.47 Å². The van der Waals surface area contributed by atoms with Crippen LogP contribution in [0.2, 0.25) is 0 Å². The Morgan fingerprint density at radius 1 is 1.06 bits per heavy atom. The smallest absolute Gasteiger partial charge is 0.265 e. The number of carbonyl (C=O) groups excluding carboxylic acids is 1. The van der Waals surface area contributed by atoms with Crippen molar-refractivity contribution in [3.05, 3.63) is 48.0 Å². The van der Waals surface area contributed by atoms with Crippen LogP contribution in [0.3, 0.4) is 0 Å². The highest BCUT2D eigenvalue weighted by atomic mass is 32.2. The zero-order valence-electron chi connectivity index (χ0n) is 19.1. The summed E-state index contributed by atoms with van der Waals surface area (Å²) in [6.45, 7) is 6.77. The van der Waals surface area contributed by atoms with Crippen LogP contribution in [-0.2, 0) is 19.6 Å². The second kappa shape index (κ2) is 10.1. The van der Waals surface area contributed by atoms with Gasteiger partial charge in [-0.1, -0.05) is 12.1 Å². The van der Waals surface area contributed by atoms with Gasteiger partial charge < -0.3 is 19.7 Å². The molecule has 0 aliphatic carbocycles. The fraction of sp³-hybridized carbons (Fsp3) is 0.458. The van der Waals surface area contributed by atoms with E-state index in [0.717, 1.165) is 37.2 Å². The Morgan fingerprint density at radius 3 is 2.48 bits per heavy atom. The molecule has 2 heterocycles. The molecule has 33 heavy (non-hydrogen) atoms. The Kier molecular flexibility index (Phi) is 7.21. The zero-order chi connectivity index (χ0) is 23.4. The third kappa shape index (κ3) is 5.48. The molecule has 8 nitrogen and oxygen atoms in total. The minimum atomic E-state index is -3.68. The van der Waals surface area contributed by atoms with Gasteiger partial charge in [-0.15, -0.1) is 0 Å². The largest absolute Gasteiger partial charge is 0.481 e. The van der Waals surface area contributed by atoms with E-state index < -0.39 is 16.1 Å². The van der Waals surface area contributed by atoms with E-state index in [2.05, 4.69) is 10.2 Å². The van der Waals surface area contributed by atoms with E-state index in [0.29, 0.717) is 37.7 Å². The van der Waals surface area contributed by atoms with Gasteiger partial charge in [0, 0.05) is 26.2 Å². The van der Waals surface area contributed by atoms with Crippen molar-refractivity contribution in [2.24, 2.45) is 0 Å². The van der Waals surface area contributed by atoms with Crippen molar-refractivity contribution in [3.8, 4) is 5.75 Å². The number of carbonyl (C=O) groups is 1. The standard InChI is InChI=1S/C24H31N3O5S/c1-18-6-5-7-20(16-18)32-19(2)24(28)25-22-17-21(8-9-23(22)26-10-3-4-11-26)33(29,30)27-12-14-31-15-13-27/h5-9,16-17,19H,3-4,10-15H2,1-2H3,(H,25,28). The molecule has 0 aromatic heterocycles. The molecule has 2 fully saturated rings. The summed E-state index contributed by atoms with van der Waals surface area (Å²) in [6.07, 6.45) is 1.38. The molecular formula is C24H31N3O5S. The van der Waals surface area contributed by atoms with Crippen molar-refractivity contribution in [1.29, 1.82) is 0 Å². The van der Waals surface area contributed by atoms with E-state index in [1.807, 2.05) is 31.2 Å². The Balaban J connectivity index is 1.58. The number of morpholine rings is 1. The quantitative estimate of drug-likeness (QED) is 0.665. The number of benzene rings is 2. The number of rotatable bonds is 7. The van der Waals surface area contributed by atoms with Crippen LogP contribution >= 0.6 is 0 Å². The highest BCUT2D eigenvalue weighted by Crippen LogP contribution is 2.33. The molecule has 1 unspecified atom stereocenters. The van der Waals surface area contributed by atoms with Crippen molar-refractivity contribution >= 4 is 27.3 Å². The lowest BCUT2D eigenvalue weighted by Crippen LogP contribution is -2.40. The summed E-state index contributed by atoms with van der Waals surface area (Å²) in [4.78, 5) is 15.3. The number of hydrogen-bond donors (Lipinski definition) is 1. The average molecular weight is 474 g/mol. The van der Waals surface area contributed by atoms with Crippen molar-refractivity contribution < 1.29 is 22.7 Å². The summed E-state index contributed by atoms with van der Waals surface area (Å²) in [5.74, 6) is 0.277. The predicted octanol–water partition coefficient (Wildman–Crippen LogP) is 3.02. The number of sulfonamides is 1. The minimum Gasteiger partial charge on any atom is -0.481 e. The lowest BCUT2D eigenvalue weighted by Gasteiger charge is -2.27. The molecule has 0 radical (unpaired) electrons. The van der Waals surface area contributed by atoms with Crippen molar-refractivity contribution in [1.82, 2.24) is 4.31 Å². The van der Waals surface area contributed by atoms with E-state index in [9.17, 15) is 13.2 Å². The molecule has 2 aromatic carbocycles. The third-order valence-electron chi connectivity index (χ3n) is 5.95. The molecule has 0 spiro atoms. The number of anilines is 2. The van der Waals surface area contributed by atoms with Crippen molar-refractivity contribution in [3.63, 3.8) is 0 Å². The summed E-state index contributed by atoms with van der Waals surface area (Å²) in [6, 6.07) is 12.5. The van der Waals surface area contributed by atoms with Crippen LogP contribution in [0.15, 0.2) is 47.4 Å². The maximum Gasteiger partial charge on any atom is 0.265 e. The van der Waals surface area contributed by atoms with Gasteiger partial charge in [0.1, 0.15) is 5.75 Å². The number of nitrogens with zero attached hydrogens (tertiary/aromatic N) is 2. The van der Waals surface area contributed by atoms with Crippen LogP contribution in [0.4, 0.5) is 11.4 Å². The maximum absolute atomic E-state index is 13.2. The molecule has 0 saturated carbocycles. The summed E-state index contributed by atoms with van der Waals surface area (Å²) >= 11 is 0. The predicted molar refractivity (Wildman–Crippen MR) is 127 cm³/mol.